The van der Waals surface area contributed by atoms with Gasteiger partial charge < -0.3 is 9.88 Å². The van der Waals surface area contributed by atoms with Crippen LogP contribution in [0.3, 0.4) is 0 Å². The van der Waals surface area contributed by atoms with Gasteiger partial charge >= 0.3 is 0 Å². The first-order valence-electron chi connectivity index (χ1n) is 9.16. The zero-order valence-electron chi connectivity index (χ0n) is 15.0. The molecule has 0 spiro atoms. The van der Waals surface area contributed by atoms with E-state index in [1.165, 1.54) is 5.56 Å². The molecule has 5 heteroatoms. The van der Waals surface area contributed by atoms with Crippen LogP contribution in [-0.2, 0) is 0 Å². The summed E-state index contributed by atoms with van der Waals surface area (Å²) < 4.78 is 0. The molecule has 136 valence electrons. The number of nitrogens with one attached hydrogen (secondary N) is 1. The fourth-order valence-corrected chi connectivity index (χ4v) is 3.90. The van der Waals surface area contributed by atoms with Gasteiger partial charge in [0.2, 0.25) is 0 Å². The molecule has 0 bridgehead atoms. The third-order valence-electron chi connectivity index (χ3n) is 5.26. The first kappa shape index (κ1) is 16.4. The molecule has 1 aliphatic rings. The van der Waals surface area contributed by atoms with Crippen molar-refractivity contribution in [3.63, 3.8) is 0 Å². The molecule has 2 aromatic carbocycles. The summed E-state index contributed by atoms with van der Waals surface area (Å²) in [5.74, 6) is -0.0299. The summed E-state index contributed by atoms with van der Waals surface area (Å²) in [5, 5.41) is 0.475. The van der Waals surface area contributed by atoms with Crippen LogP contribution in [0.2, 0.25) is 0 Å². The standard InChI is InChI=1S/C23H17N3O2/c27-22-17-10-11-20(25-19(17)12-13-24-22)23(28)26-14-18(15-6-2-1-3-7-15)16-8-4-5-9-21(16)26/h1-13,18H,14H2,(H,24,27). The zero-order chi connectivity index (χ0) is 19.1. The molecule has 3 heterocycles. The summed E-state index contributed by atoms with van der Waals surface area (Å²) in [5.41, 5.74) is 3.87. The van der Waals surface area contributed by atoms with E-state index in [1.54, 1.807) is 29.3 Å². The van der Waals surface area contributed by atoms with Gasteiger partial charge in [-0.3, -0.25) is 9.59 Å². The number of benzene rings is 2. The van der Waals surface area contributed by atoms with Crippen molar-refractivity contribution in [3.8, 4) is 0 Å². The Kier molecular flexibility index (Phi) is 3.79. The van der Waals surface area contributed by atoms with Crippen LogP contribution >= 0.6 is 0 Å². The van der Waals surface area contributed by atoms with Crippen molar-refractivity contribution in [3.05, 3.63) is 106 Å². The summed E-state index contributed by atoms with van der Waals surface area (Å²) in [4.78, 5) is 34.0. The Morgan fingerprint density at radius 3 is 2.61 bits per heavy atom. The Hall–Kier alpha value is -3.73. The number of carbonyl (C=O) groups is 1. The van der Waals surface area contributed by atoms with Crippen molar-refractivity contribution < 1.29 is 4.79 Å². The smallest absolute Gasteiger partial charge is 0.276 e. The summed E-state index contributed by atoms with van der Waals surface area (Å²) in [6.45, 7) is 0.567. The number of carbonyl (C=O) groups excluding carboxylic acids is 1. The van der Waals surface area contributed by atoms with Gasteiger partial charge in [0.15, 0.2) is 0 Å². The average Bonchev–Trinajstić information content (AvgIpc) is 3.13. The van der Waals surface area contributed by atoms with E-state index in [2.05, 4.69) is 28.2 Å². The predicted octanol–water partition coefficient (Wildman–Crippen LogP) is 3.72. The maximum atomic E-state index is 13.3. The summed E-state index contributed by atoms with van der Waals surface area (Å²) in [7, 11) is 0. The largest absolute Gasteiger partial charge is 0.328 e. The van der Waals surface area contributed by atoms with Gasteiger partial charge in [0.25, 0.3) is 11.5 Å². The van der Waals surface area contributed by atoms with Crippen molar-refractivity contribution in [2.24, 2.45) is 0 Å². The van der Waals surface area contributed by atoms with Crippen molar-refractivity contribution in [2.75, 3.05) is 11.4 Å². The molecule has 0 saturated heterocycles. The third kappa shape index (κ3) is 2.60. The molecule has 28 heavy (non-hydrogen) atoms. The van der Waals surface area contributed by atoms with Crippen LogP contribution in [0.15, 0.2) is 83.8 Å². The monoisotopic (exact) mass is 367 g/mol. The van der Waals surface area contributed by atoms with Crippen LogP contribution in [0.25, 0.3) is 10.9 Å². The number of anilines is 1. The Morgan fingerprint density at radius 2 is 1.75 bits per heavy atom. The second-order valence-corrected chi connectivity index (χ2v) is 6.87. The first-order chi connectivity index (χ1) is 13.7. The Labute approximate surface area is 161 Å². The topological polar surface area (TPSA) is 66.1 Å². The number of hydrogen-bond acceptors (Lipinski definition) is 3. The normalized spacial score (nSPS) is 15.6. The van der Waals surface area contributed by atoms with E-state index in [1.807, 2.05) is 36.4 Å². The van der Waals surface area contributed by atoms with E-state index in [-0.39, 0.29) is 17.4 Å². The second kappa shape index (κ2) is 6.46. The molecule has 0 aliphatic carbocycles. The van der Waals surface area contributed by atoms with Crippen LogP contribution < -0.4 is 10.5 Å². The number of pyridine rings is 2. The van der Waals surface area contributed by atoms with Crippen LogP contribution in [0.4, 0.5) is 5.69 Å². The maximum Gasteiger partial charge on any atom is 0.276 e. The van der Waals surface area contributed by atoms with E-state index < -0.39 is 0 Å². The Bertz CT molecular complexity index is 1250. The highest BCUT2D eigenvalue weighted by Crippen LogP contribution is 2.40. The molecular weight excluding hydrogens is 350 g/mol. The van der Waals surface area contributed by atoms with Crippen LogP contribution in [-0.4, -0.2) is 22.4 Å². The van der Waals surface area contributed by atoms with E-state index in [0.29, 0.717) is 23.1 Å². The molecule has 1 unspecified atom stereocenters. The lowest BCUT2D eigenvalue weighted by atomic mass is 9.93. The van der Waals surface area contributed by atoms with Gasteiger partial charge in [0, 0.05) is 24.3 Å². The highest BCUT2D eigenvalue weighted by molar-refractivity contribution is 6.07. The number of rotatable bonds is 2. The lowest BCUT2D eigenvalue weighted by molar-refractivity contribution is 0.0984. The highest BCUT2D eigenvalue weighted by Gasteiger charge is 2.33. The fraction of sp³-hybridized carbons (Fsp3) is 0.0870. The number of hydrogen-bond donors (Lipinski definition) is 1. The number of aromatic amines is 1. The molecule has 0 saturated carbocycles. The van der Waals surface area contributed by atoms with Gasteiger partial charge in [-0.2, -0.15) is 0 Å². The predicted molar refractivity (Wildman–Crippen MR) is 109 cm³/mol. The lowest BCUT2D eigenvalue weighted by Crippen LogP contribution is -2.30. The number of amides is 1. The molecule has 5 rings (SSSR count). The van der Waals surface area contributed by atoms with E-state index in [9.17, 15) is 9.59 Å². The molecule has 1 N–H and O–H groups in total. The quantitative estimate of drug-likeness (QED) is 0.587. The average molecular weight is 367 g/mol. The van der Waals surface area contributed by atoms with E-state index in [4.69, 9.17) is 0 Å². The molecular formula is C23H17N3O2. The molecule has 1 aliphatic heterocycles. The number of para-hydroxylation sites is 1. The van der Waals surface area contributed by atoms with E-state index in [0.717, 1.165) is 11.3 Å². The Morgan fingerprint density at radius 1 is 0.964 bits per heavy atom. The van der Waals surface area contributed by atoms with Gasteiger partial charge in [-0.05, 0) is 35.4 Å². The molecule has 0 radical (unpaired) electrons. The van der Waals surface area contributed by atoms with Gasteiger partial charge in [-0.1, -0.05) is 48.5 Å². The van der Waals surface area contributed by atoms with Crippen molar-refractivity contribution >= 4 is 22.5 Å². The minimum absolute atomic E-state index is 0.129. The maximum absolute atomic E-state index is 13.3. The van der Waals surface area contributed by atoms with Crippen molar-refractivity contribution in [1.29, 1.82) is 0 Å². The second-order valence-electron chi connectivity index (χ2n) is 6.87. The van der Waals surface area contributed by atoms with Crippen LogP contribution in [0, 0.1) is 0 Å². The van der Waals surface area contributed by atoms with Crippen molar-refractivity contribution in [2.45, 2.75) is 5.92 Å². The highest BCUT2D eigenvalue weighted by atomic mass is 16.2. The number of aromatic nitrogens is 2. The van der Waals surface area contributed by atoms with Gasteiger partial charge in [0.1, 0.15) is 5.69 Å². The number of fused-ring (bicyclic) bond motifs is 2. The summed E-state index contributed by atoms with van der Waals surface area (Å²) in [6, 6.07) is 23.2. The van der Waals surface area contributed by atoms with Crippen LogP contribution in [0.5, 0.6) is 0 Å². The molecule has 0 fully saturated rings. The summed E-state index contributed by atoms with van der Waals surface area (Å²) >= 11 is 0. The lowest BCUT2D eigenvalue weighted by Gasteiger charge is -2.18. The number of nitrogens with zero attached hydrogens (tertiary/aromatic N) is 2. The van der Waals surface area contributed by atoms with Gasteiger partial charge in [0.05, 0.1) is 10.9 Å². The molecule has 5 nitrogen and oxygen atoms in total. The molecule has 4 aromatic rings. The zero-order valence-corrected chi connectivity index (χ0v) is 15.0. The molecule has 2 aromatic heterocycles. The summed E-state index contributed by atoms with van der Waals surface area (Å²) in [6.07, 6.45) is 1.54. The fourth-order valence-electron chi connectivity index (χ4n) is 3.90. The minimum atomic E-state index is -0.209. The molecule has 1 atom stereocenters. The Balaban J connectivity index is 1.56. The van der Waals surface area contributed by atoms with Crippen LogP contribution in [0.1, 0.15) is 27.5 Å². The van der Waals surface area contributed by atoms with Gasteiger partial charge in [-0.25, -0.2) is 4.98 Å². The number of H-pyrrole nitrogens is 1. The van der Waals surface area contributed by atoms with E-state index >= 15 is 0 Å². The minimum Gasteiger partial charge on any atom is -0.328 e. The van der Waals surface area contributed by atoms with Gasteiger partial charge in [-0.15, -0.1) is 0 Å². The first-order valence-corrected chi connectivity index (χ1v) is 9.16. The van der Waals surface area contributed by atoms with Crippen molar-refractivity contribution in [1.82, 2.24) is 9.97 Å². The SMILES string of the molecule is O=C(c1ccc2c(=O)[nH]ccc2n1)N1CC(c2ccccc2)c2ccccc21. The molecule has 1 amide bonds. The third-order valence-corrected chi connectivity index (χ3v) is 5.26.